The molecule has 1 aliphatic heterocycles. The summed E-state index contributed by atoms with van der Waals surface area (Å²) in [6.07, 6.45) is 3.78. The van der Waals surface area contributed by atoms with Crippen LogP contribution in [0.2, 0.25) is 10.0 Å². The maximum atomic E-state index is 12.7. The number of piperidine rings is 1. The summed E-state index contributed by atoms with van der Waals surface area (Å²) >= 11 is 13.4. The fraction of sp³-hybridized carbons (Fsp3) is 0.381. The molecule has 12 heteroatoms. The van der Waals surface area contributed by atoms with Gasteiger partial charge in [0.05, 0.1) is 21.9 Å². The van der Waals surface area contributed by atoms with Crippen molar-refractivity contribution in [3.63, 3.8) is 0 Å². The predicted octanol–water partition coefficient (Wildman–Crippen LogP) is 4.19. The van der Waals surface area contributed by atoms with E-state index in [0.29, 0.717) is 46.7 Å². The molecular weight excluding hydrogens is 487 g/mol. The van der Waals surface area contributed by atoms with Gasteiger partial charge in [0, 0.05) is 31.0 Å². The molecule has 0 spiro atoms. The number of aromatic amines is 1. The quantitative estimate of drug-likeness (QED) is 0.471. The molecule has 0 aromatic carbocycles. The Hall–Kier alpha value is -2.69. The Morgan fingerprint density at radius 1 is 1.24 bits per heavy atom. The van der Waals surface area contributed by atoms with Gasteiger partial charge in [0.15, 0.2) is 5.13 Å². The van der Waals surface area contributed by atoms with E-state index >= 15 is 0 Å². The normalized spacial score (nSPS) is 18.4. The summed E-state index contributed by atoms with van der Waals surface area (Å²) in [7, 11) is 0. The van der Waals surface area contributed by atoms with Crippen molar-refractivity contribution in [1.82, 2.24) is 25.3 Å². The number of aromatic carboxylic acids is 1. The molecule has 0 saturated carbocycles. The van der Waals surface area contributed by atoms with Crippen LogP contribution in [-0.2, 0) is 0 Å². The Morgan fingerprint density at radius 2 is 2.00 bits per heavy atom. The van der Waals surface area contributed by atoms with E-state index in [-0.39, 0.29) is 33.5 Å². The van der Waals surface area contributed by atoms with Gasteiger partial charge >= 0.3 is 5.97 Å². The molecule has 1 amide bonds. The number of hydrogen-bond acceptors (Lipinski definition) is 7. The van der Waals surface area contributed by atoms with E-state index in [9.17, 15) is 14.7 Å². The molecule has 4 heterocycles. The largest absolute Gasteiger partial charge is 0.477 e. The zero-order valence-corrected chi connectivity index (χ0v) is 20.5. The molecule has 0 unspecified atom stereocenters. The zero-order valence-electron chi connectivity index (χ0n) is 18.1. The molecule has 3 aromatic heterocycles. The van der Waals surface area contributed by atoms with Gasteiger partial charge in [0.25, 0.3) is 5.91 Å². The molecular formula is C21H22Cl2N6O3S. The number of nitrogens with one attached hydrogen (secondary N) is 2. The van der Waals surface area contributed by atoms with Crippen molar-refractivity contribution in [3.8, 4) is 11.4 Å². The van der Waals surface area contributed by atoms with Gasteiger partial charge < -0.3 is 20.3 Å². The molecule has 3 aromatic rings. The molecule has 0 radical (unpaired) electrons. The minimum Gasteiger partial charge on any atom is -0.477 e. The van der Waals surface area contributed by atoms with E-state index in [1.807, 2.05) is 18.7 Å². The standard InChI is InChI=1S/C21H22Cl2N6O3S/c1-9-8-29(5-4-12(9)27-19(30)17-15(23)14(22)11(3)26-17)21-28-16(18(33-21)20(31)32)13-7-24-10(2)6-25-13/h6-7,9,12,26H,4-5,8H2,1-3H3,(H,27,30)(H,31,32)/t9-,12+/m0/s1. The summed E-state index contributed by atoms with van der Waals surface area (Å²) in [6, 6.07) is -0.0754. The van der Waals surface area contributed by atoms with Crippen LogP contribution in [0, 0.1) is 19.8 Å². The Labute approximate surface area is 204 Å². The second-order valence-corrected chi connectivity index (χ2v) is 9.80. The molecule has 0 bridgehead atoms. The summed E-state index contributed by atoms with van der Waals surface area (Å²) in [5.74, 6) is -1.26. The van der Waals surface area contributed by atoms with E-state index in [1.54, 1.807) is 13.1 Å². The Balaban J connectivity index is 1.49. The molecule has 1 fully saturated rings. The number of aromatic nitrogens is 4. The summed E-state index contributed by atoms with van der Waals surface area (Å²) in [6.45, 7) is 6.81. The first-order chi connectivity index (χ1) is 15.7. The topological polar surface area (TPSA) is 124 Å². The molecule has 4 rings (SSSR count). The van der Waals surface area contributed by atoms with Gasteiger partial charge in [0.2, 0.25) is 0 Å². The molecule has 1 saturated heterocycles. The van der Waals surface area contributed by atoms with Crippen LogP contribution in [0.3, 0.4) is 0 Å². The van der Waals surface area contributed by atoms with Gasteiger partial charge in [-0.2, -0.15) is 0 Å². The van der Waals surface area contributed by atoms with E-state index < -0.39 is 5.97 Å². The third-order valence-electron chi connectivity index (χ3n) is 5.61. The number of amides is 1. The predicted molar refractivity (Wildman–Crippen MR) is 128 cm³/mol. The van der Waals surface area contributed by atoms with Crippen molar-refractivity contribution >= 4 is 51.5 Å². The molecule has 174 valence electrons. The van der Waals surface area contributed by atoms with Crippen molar-refractivity contribution in [2.75, 3.05) is 18.0 Å². The van der Waals surface area contributed by atoms with Crippen LogP contribution in [0.4, 0.5) is 5.13 Å². The highest BCUT2D eigenvalue weighted by Gasteiger charge is 2.31. The number of carbonyl (C=O) groups is 2. The van der Waals surface area contributed by atoms with E-state index in [2.05, 4.69) is 25.3 Å². The van der Waals surface area contributed by atoms with Crippen LogP contribution >= 0.6 is 34.5 Å². The van der Waals surface area contributed by atoms with Gasteiger partial charge in [-0.25, -0.2) is 9.78 Å². The molecule has 3 N–H and O–H groups in total. The lowest BCUT2D eigenvalue weighted by atomic mass is 9.94. The lowest BCUT2D eigenvalue weighted by Gasteiger charge is -2.37. The minimum absolute atomic E-state index is 0.0754. The number of H-pyrrole nitrogens is 1. The Bertz CT molecular complexity index is 1210. The van der Waals surface area contributed by atoms with Crippen LogP contribution in [0.5, 0.6) is 0 Å². The van der Waals surface area contributed by atoms with E-state index in [1.165, 1.54) is 6.20 Å². The SMILES string of the molecule is Cc1cnc(-c2nc(N3CC[C@@H](NC(=O)c4[nH]c(C)c(Cl)c4Cl)[C@@H](C)C3)sc2C(=O)O)cn1. The molecule has 0 aliphatic carbocycles. The van der Waals surface area contributed by atoms with Gasteiger partial charge in [-0.15, -0.1) is 0 Å². The Morgan fingerprint density at radius 3 is 2.58 bits per heavy atom. The van der Waals surface area contributed by atoms with Gasteiger partial charge in [-0.3, -0.25) is 14.8 Å². The number of aryl methyl sites for hydroxylation is 2. The maximum absolute atomic E-state index is 12.7. The number of thiazole rings is 1. The smallest absolute Gasteiger partial charge is 0.348 e. The van der Waals surface area contributed by atoms with Crippen LogP contribution in [-0.4, -0.2) is 56.1 Å². The minimum atomic E-state index is -1.05. The summed E-state index contributed by atoms with van der Waals surface area (Å²) in [4.78, 5) is 42.7. The zero-order chi connectivity index (χ0) is 23.9. The lowest BCUT2D eigenvalue weighted by molar-refractivity contribution is 0.0702. The van der Waals surface area contributed by atoms with E-state index in [0.717, 1.165) is 17.0 Å². The average Bonchev–Trinajstić information content (AvgIpc) is 3.33. The number of hydrogen-bond donors (Lipinski definition) is 3. The summed E-state index contributed by atoms with van der Waals surface area (Å²) < 4.78 is 0. The third kappa shape index (κ3) is 4.68. The van der Waals surface area contributed by atoms with Crippen LogP contribution < -0.4 is 10.2 Å². The van der Waals surface area contributed by atoms with Gasteiger partial charge in [0.1, 0.15) is 22.0 Å². The number of halogens is 2. The first kappa shape index (κ1) is 23.5. The number of carboxylic acids is 1. The highest BCUT2D eigenvalue weighted by atomic mass is 35.5. The van der Waals surface area contributed by atoms with Crippen molar-refractivity contribution in [1.29, 1.82) is 0 Å². The van der Waals surface area contributed by atoms with E-state index in [4.69, 9.17) is 23.2 Å². The number of rotatable bonds is 5. The van der Waals surface area contributed by atoms with Gasteiger partial charge in [-0.1, -0.05) is 41.5 Å². The summed E-state index contributed by atoms with van der Waals surface area (Å²) in [5, 5.41) is 13.9. The van der Waals surface area contributed by atoms with Crippen LogP contribution in [0.1, 0.15) is 44.9 Å². The number of carbonyl (C=O) groups excluding carboxylic acids is 1. The molecule has 33 heavy (non-hydrogen) atoms. The molecule has 9 nitrogen and oxygen atoms in total. The third-order valence-corrected chi connectivity index (χ3v) is 7.66. The number of anilines is 1. The highest BCUT2D eigenvalue weighted by Crippen LogP contribution is 2.34. The highest BCUT2D eigenvalue weighted by molar-refractivity contribution is 7.17. The molecule has 2 atom stereocenters. The second-order valence-electron chi connectivity index (χ2n) is 8.07. The fourth-order valence-corrected chi connectivity index (χ4v) is 5.15. The monoisotopic (exact) mass is 508 g/mol. The first-order valence-corrected chi connectivity index (χ1v) is 11.9. The van der Waals surface area contributed by atoms with Crippen molar-refractivity contribution in [2.45, 2.75) is 33.2 Å². The van der Waals surface area contributed by atoms with Crippen molar-refractivity contribution < 1.29 is 14.7 Å². The van der Waals surface area contributed by atoms with Crippen molar-refractivity contribution in [2.24, 2.45) is 5.92 Å². The fourth-order valence-electron chi connectivity index (χ4n) is 3.78. The second kappa shape index (κ2) is 9.28. The maximum Gasteiger partial charge on any atom is 0.348 e. The first-order valence-electron chi connectivity index (χ1n) is 10.3. The lowest BCUT2D eigenvalue weighted by Crippen LogP contribution is -2.50. The van der Waals surface area contributed by atoms with Crippen LogP contribution in [0.25, 0.3) is 11.4 Å². The van der Waals surface area contributed by atoms with Crippen molar-refractivity contribution in [3.05, 3.63) is 44.4 Å². The average molecular weight is 509 g/mol. The number of nitrogens with zero attached hydrogens (tertiary/aromatic N) is 4. The number of carboxylic acid groups (broad SMARTS) is 1. The summed E-state index contributed by atoms with van der Waals surface area (Å²) in [5.41, 5.74) is 2.37. The Kier molecular flexibility index (Phi) is 6.60. The van der Waals surface area contributed by atoms with Crippen LogP contribution in [0.15, 0.2) is 12.4 Å². The molecule has 1 aliphatic rings. The van der Waals surface area contributed by atoms with Gasteiger partial charge in [-0.05, 0) is 26.2 Å².